The minimum atomic E-state index is -4.35. The van der Waals surface area contributed by atoms with Crippen molar-refractivity contribution >= 4 is 23.2 Å². The van der Waals surface area contributed by atoms with Crippen LogP contribution < -0.4 is 22.3 Å². The molecule has 0 radical (unpaired) electrons. The number of amidine groups is 1. The molecule has 154 valence electrons. The van der Waals surface area contributed by atoms with Gasteiger partial charge in [0, 0.05) is 18.4 Å². The van der Waals surface area contributed by atoms with Gasteiger partial charge >= 0.3 is 12.1 Å². The van der Waals surface area contributed by atoms with E-state index in [4.69, 9.17) is 17.0 Å². The fourth-order valence-electron chi connectivity index (χ4n) is 1.97. The molecular formula is C18H24F3N5O2. The van der Waals surface area contributed by atoms with Crippen LogP contribution in [-0.2, 0) is 15.7 Å². The smallest absolute Gasteiger partial charge is 0.416 e. The van der Waals surface area contributed by atoms with Crippen LogP contribution >= 0.6 is 0 Å². The van der Waals surface area contributed by atoms with Crippen molar-refractivity contribution in [3.05, 3.63) is 59.7 Å². The van der Waals surface area contributed by atoms with Crippen molar-refractivity contribution in [3.8, 4) is 0 Å². The Morgan fingerprint density at radius 3 is 2.18 bits per heavy atom. The van der Waals surface area contributed by atoms with E-state index in [1.165, 1.54) is 19.2 Å². The van der Waals surface area contributed by atoms with Gasteiger partial charge in [-0.25, -0.2) is 5.43 Å². The number of carbonyl (C=O) groups is 1. The van der Waals surface area contributed by atoms with E-state index >= 15 is 0 Å². The van der Waals surface area contributed by atoms with Crippen molar-refractivity contribution in [1.82, 2.24) is 5.43 Å². The summed E-state index contributed by atoms with van der Waals surface area (Å²) in [5.41, 5.74) is 8.53. The standard InChI is InChI=1S/C14H12F3N3.C4H10N2O2.H2/c15-14(16,17)9-5-7-10(8-6-9)20-12-4-2-1-3-11(12)13(18)19;1-3(6-5)4(7)8-2;/h1-8,20H,(H3,18,19);3,6H,5H2,1-2H3;1H. The Bertz CT molecular complexity index is 801. The number of hydrazine groups is 1. The second-order valence-electron chi connectivity index (χ2n) is 5.57. The summed E-state index contributed by atoms with van der Waals surface area (Å²) >= 11 is 0. The molecule has 0 saturated carbocycles. The highest BCUT2D eigenvalue weighted by atomic mass is 19.4. The van der Waals surface area contributed by atoms with Gasteiger partial charge in [-0.3, -0.25) is 16.0 Å². The summed E-state index contributed by atoms with van der Waals surface area (Å²) in [6, 6.07) is 11.1. The fraction of sp³-hybridized carbons (Fsp3) is 0.222. The highest BCUT2D eigenvalue weighted by Crippen LogP contribution is 2.30. The van der Waals surface area contributed by atoms with E-state index in [9.17, 15) is 18.0 Å². The predicted octanol–water partition coefficient (Wildman–Crippen LogP) is 2.99. The maximum absolute atomic E-state index is 12.5. The average molecular weight is 399 g/mol. The molecule has 0 spiro atoms. The Labute approximate surface area is 161 Å². The van der Waals surface area contributed by atoms with Gasteiger partial charge in [-0.15, -0.1) is 0 Å². The number of esters is 1. The van der Waals surface area contributed by atoms with Crippen LogP contribution in [0.5, 0.6) is 0 Å². The molecule has 0 aliphatic carbocycles. The van der Waals surface area contributed by atoms with E-state index in [2.05, 4.69) is 15.5 Å². The van der Waals surface area contributed by atoms with E-state index in [1.807, 2.05) is 0 Å². The Morgan fingerprint density at radius 1 is 1.18 bits per heavy atom. The van der Waals surface area contributed by atoms with Gasteiger partial charge in [0.1, 0.15) is 11.9 Å². The Morgan fingerprint density at radius 2 is 1.75 bits per heavy atom. The maximum Gasteiger partial charge on any atom is 0.416 e. The van der Waals surface area contributed by atoms with Crippen molar-refractivity contribution in [2.75, 3.05) is 12.4 Å². The topological polar surface area (TPSA) is 126 Å². The van der Waals surface area contributed by atoms with Crippen molar-refractivity contribution in [2.24, 2.45) is 11.6 Å². The molecule has 2 aromatic carbocycles. The van der Waals surface area contributed by atoms with Gasteiger partial charge in [-0.2, -0.15) is 13.2 Å². The number of rotatable bonds is 5. The zero-order chi connectivity index (χ0) is 21.3. The van der Waals surface area contributed by atoms with Crippen molar-refractivity contribution in [1.29, 1.82) is 5.41 Å². The van der Waals surface area contributed by atoms with Crippen LogP contribution in [0.15, 0.2) is 48.5 Å². The number of carbonyl (C=O) groups excluding carboxylic acids is 1. The lowest BCUT2D eigenvalue weighted by Gasteiger charge is -2.12. The monoisotopic (exact) mass is 399 g/mol. The quantitative estimate of drug-likeness (QED) is 0.173. The maximum atomic E-state index is 12.5. The molecule has 2 aromatic rings. The van der Waals surface area contributed by atoms with Crippen LogP contribution in [0.25, 0.3) is 0 Å². The second-order valence-corrected chi connectivity index (χ2v) is 5.57. The average Bonchev–Trinajstić information content (AvgIpc) is 2.67. The number of nitrogen functional groups attached to an aromatic ring is 1. The lowest BCUT2D eigenvalue weighted by atomic mass is 10.1. The lowest BCUT2D eigenvalue weighted by molar-refractivity contribution is -0.142. The summed E-state index contributed by atoms with van der Waals surface area (Å²) in [5, 5.41) is 10.4. The van der Waals surface area contributed by atoms with Crippen LogP contribution in [-0.4, -0.2) is 25.0 Å². The number of hydrogen-bond acceptors (Lipinski definition) is 6. The number of ether oxygens (including phenoxy) is 1. The van der Waals surface area contributed by atoms with Crippen LogP contribution in [0, 0.1) is 5.41 Å². The molecule has 2 rings (SSSR count). The fourth-order valence-corrected chi connectivity index (χ4v) is 1.97. The number of hydrogen-bond donors (Lipinski definition) is 5. The largest absolute Gasteiger partial charge is 0.468 e. The summed E-state index contributed by atoms with van der Waals surface area (Å²) in [4.78, 5) is 10.4. The van der Waals surface area contributed by atoms with Crippen molar-refractivity contribution in [3.63, 3.8) is 0 Å². The second kappa shape index (κ2) is 10.3. The molecule has 0 aliphatic rings. The first-order chi connectivity index (χ1) is 13.1. The molecule has 0 aromatic heterocycles. The molecule has 0 aliphatic heterocycles. The first-order valence-corrected chi connectivity index (χ1v) is 8.01. The number of halogens is 3. The zero-order valence-corrected chi connectivity index (χ0v) is 15.3. The molecule has 1 unspecified atom stereocenters. The highest BCUT2D eigenvalue weighted by Gasteiger charge is 2.29. The summed E-state index contributed by atoms with van der Waals surface area (Å²) in [5.74, 6) is 4.43. The lowest BCUT2D eigenvalue weighted by Crippen LogP contribution is -2.39. The highest BCUT2D eigenvalue weighted by molar-refractivity contribution is 6.00. The Kier molecular flexibility index (Phi) is 8.42. The summed E-state index contributed by atoms with van der Waals surface area (Å²) < 4.78 is 41.7. The minimum absolute atomic E-state index is 0. The van der Waals surface area contributed by atoms with Gasteiger partial charge in [-0.05, 0) is 43.3 Å². The van der Waals surface area contributed by atoms with E-state index in [1.54, 1.807) is 31.2 Å². The third-order valence-corrected chi connectivity index (χ3v) is 3.51. The number of methoxy groups -OCH3 is 1. The number of para-hydroxylation sites is 1. The molecule has 0 saturated heterocycles. The normalized spacial score (nSPS) is 11.6. The molecule has 10 heteroatoms. The summed E-state index contributed by atoms with van der Waals surface area (Å²) in [7, 11) is 1.32. The first kappa shape index (κ1) is 22.9. The third kappa shape index (κ3) is 6.89. The van der Waals surface area contributed by atoms with Crippen LogP contribution in [0.3, 0.4) is 0 Å². The molecule has 0 heterocycles. The number of benzene rings is 2. The van der Waals surface area contributed by atoms with Gasteiger partial charge in [0.25, 0.3) is 0 Å². The number of anilines is 2. The SMILES string of the molecule is COC(=O)C(C)NN.N=C(N)c1ccccc1Nc1ccc(C(F)(F)F)cc1.[HH]. The van der Waals surface area contributed by atoms with Gasteiger partial charge in [-0.1, -0.05) is 12.1 Å². The van der Waals surface area contributed by atoms with Gasteiger partial charge in [0.15, 0.2) is 0 Å². The summed E-state index contributed by atoms with van der Waals surface area (Å²) in [6.07, 6.45) is -4.35. The van der Waals surface area contributed by atoms with Crippen molar-refractivity contribution in [2.45, 2.75) is 19.1 Å². The number of nitrogens with two attached hydrogens (primary N) is 2. The molecule has 0 fully saturated rings. The van der Waals surface area contributed by atoms with E-state index in [0.29, 0.717) is 16.9 Å². The Hall–Kier alpha value is -3.11. The van der Waals surface area contributed by atoms with Crippen LogP contribution in [0.2, 0.25) is 0 Å². The van der Waals surface area contributed by atoms with Crippen LogP contribution in [0.1, 0.15) is 19.5 Å². The summed E-state index contributed by atoms with van der Waals surface area (Å²) in [6.45, 7) is 1.62. The molecule has 0 bridgehead atoms. The van der Waals surface area contributed by atoms with Gasteiger partial charge in [0.05, 0.1) is 12.7 Å². The van der Waals surface area contributed by atoms with E-state index in [0.717, 1.165) is 12.1 Å². The molecule has 7 nitrogen and oxygen atoms in total. The molecule has 0 amide bonds. The van der Waals surface area contributed by atoms with E-state index < -0.39 is 17.8 Å². The molecule has 28 heavy (non-hydrogen) atoms. The first-order valence-electron chi connectivity index (χ1n) is 8.01. The van der Waals surface area contributed by atoms with Gasteiger partial charge < -0.3 is 15.8 Å². The number of nitrogens with one attached hydrogen (secondary N) is 3. The van der Waals surface area contributed by atoms with Gasteiger partial charge in [0.2, 0.25) is 0 Å². The van der Waals surface area contributed by atoms with Crippen molar-refractivity contribution < 1.29 is 24.1 Å². The van der Waals surface area contributed by atoms with E-state index in [-0.39, 0.29) is 13.2 Å². The van der Waals surface area contributed by atoms with Crippen LogP contribution in [0.4, 0.5) is 24.5 Å². The number of alkyl halides is 3. The Balaban J connectivity index is 0.000000747. The zero-order valence-electron chi connectivity index (χ0n) is 15.3. The molecular weight excluding hydrogens is 375 g/mol. The molecule has 1 atom stereocenters. The minimum Gasteiger partial charge on any atom is -0.468 e. The molecule has 7 N–H and O–H groups in total. The third-order valence-electron chi connectivity index (χ3n) is 3.51. The predicted molar refractivity (Wildman–Crippen MR) is 103 cm³/mol.